The number of methoxy groups -OCH3 is 1. The molecule has 0 unspecified atom stereocenters. The summed E-state index contributed by atoms with van der Waals surface area (Å²) in [6.45, 7) is 2.36. The van der Waals surface area contributed by atoms with E-state index in [1.165, 1.54) is 0 Å². The molecular formula is C15H15ClN2O3. The molecule has 0 saturated carbocycles. The second kappa shape index (κ2) is 6.45. The van der Waals surface area contributed by atoms with Gasteiger partial charge in [0.2, 0.25) is 0 Å². The summed E-state index contributed by atoms with van der Waals surface area (Å²) < 4.78 is 6.97. The van der Waals surface area contributed by atoms with E-state index in [9.17, 15) is 4.79 Å². The Morgan fingerprint density at radius 1 is 1.52 bits per heavy atom. The van der Waals surface area contributed by atoms with E-state index >= 15 is 0 Å². The largest absolute Gasteiger partial charge is 0.497 e. The van der Waals surface area contributed by atoms with E-state index in [1.807, 2.05) is 19.1 Å². The maximum absolute atomic E-state index is 10.7. The summed E-state index contributed by atoms with van der Waals surface area (Å²) in [6.07, 6.45) is 4.25. The summed E-state index contributed by atoms with van der Waals surface area (Å²) >= 11 is 6.00. The van der Waals surface area contributed by atoms with Crippen molar-refractivity contribution in [2.75, 3.05) is 7.11 Å². The van der Waals surface area contributed by atoms with E-state index < -0.39 is 5.97 Å². The van der Waals surface area contributed by atoms with Crippen LogP contribution < -0.4 is 4.74 Å². The van der Waals surface area contributed by atoms with Gasteiger partial charge in [-0.25, -0.2) is 4.79 Å². The van der Waals surface area contributed by atoms with Gasteiger partial charge in [0.1, 0.15) is 5.75 Å². The van der Waals surface area contributed by atoms with Crippen molar-refractivity contribution in [3.8, 4) is 5.75 Å². The minimum atomic E-state index is -0.991. The Labute approximate surface area is 127 Å². The molecule has 2 aromatic rings. The Kier molecular flexibility index (Phi) is 4.65. The number of benzene rings is 1. The van der Waals surface area contributed by atoms with Crippen molar-refractivity contribution in [2.45, 2.75) is 13.5 Å². The topological polar surface area (TPSA) is 64.3 Å². The Morgan fingerprint density at radius 3 is 2.86 bits per heavy atom. The molecule has 1 N–H and O–H groups in total. The number of hydrogen-bond acceptors (Lipinski definition) is 3. The van der Waals surface area contributed by atoms with E-state index in [2.05, 4.69) is 5.10 Å². The molecule has 0 aliphatic rings. The Balaban J connectivity index is 2.39. The van der Waals surface area contributed by atoms with Crippen molar-refractivity contribution < 1.29 is 14.6 Å². The van der Waals surface area contributed by atoms with Crippen LogP contribution in [0.3, 0.4) is 0 Å². The predicted molar refractivity (Wildman–Crippen MR) is 80.7 cm³/mol. The number of halogens is 1. The normalized spacial score (nSPS) is 11.0. The van der Waals surface area contributed by atoms with Crippen molar-refractivity contribution in [3.05, 3.63) is 52.3 Å². The number of rotatable bonds is 5. The van der Waals surface area contributed by atoms with Crippen LogP contribution in [0.2, 0.25) is 5.02 Å². The van der Waals surface area contributed by atoms with Gasteiger partial charge in [0.25, 0.3) is 0 Å². The molecular weight excluding hydrogens is 292 g/mol. The highest BCUT2D eigenvalue weighted by atomic mass is 35.5. The number of nitrogens with zero attached hydrogens (tertiary/aromatic N) is 2. The zero-order valence-electron chi connectivity index (χ0n) is 11.7. The average Bonchev–Trinajstić information content (AvgIpc) is 2.77. The molecule has 5 nitrogen and oxygen atoms in total. The first-order chi connectivity index (χ1) is 10.0. The molecule has 0 saturated heterocycles. The fourth-order valence-corrected chi connectivity index (χ4v) is 2.06. The van der Waals surface area contributed by atoms with Gasteiger partial charge in [-0.05, 0) is 36.3 Å². The number of ether oxygens (including phenoxy) is 1. The zero-order chi connectivity index (χ0) is 15.4. The van der Waals surface area contributed by atoms with Gasteiger partial charge in [-0.3, -0.25) is 4.68 Å². The van der Waals surface area contributed by atoms with Gasteiger partial charge in [-0.1, -0.05) is 17.7 Å². The first-order valence-electron chi connectivity index (χ1n) is 6.27. The summed E-state index contributed by atoms with van der Waals surface area (Å²) in [5.41, 5.74) is 2.55. The van der Waals surface area contributed by atoms with Crippen molar-refractivity contribution in [1.29, 1.82) is 0 Å². The second-order valence-corrected chi connectivity index (χ2v) is 4.88. The monoisotopic (exact) mass is 306 g/mol. The van der Waals surface area contributed by atoms with Crippen LogP contribution in [0.4, 0.5) is 0 Å². The van der Waals surface area contributed by atoms with E-state index in [0.29, 0.717) is 17.3 Å². The SMILES string of the molecule is COc1ccc(C=CC(=O)O)c(Cn2ncc(Cl)c2C)c1. The summed E-state index contributed by atoms with van der Waals surface area (Å²) in [5.74, 6) is -0.288. The molecule has 1 aromatic heterocycles. The Morgan fingerprint density at radius 2 is 2.29 bits per heavy atom. The summed E-state index contributed by atoms with van der Waals surface area (Å²) in [6, 6.07) is 5.46. The minimum Gasteiger partial charge on any atom is -0.497 e. The molecule has 1 aromatic carbocycles. The average molecular weight is 307 g/mol. The number of carboxylic acid groups (broad SMARTS) is 1. The first-order valence-corrected chi connectivity index (χ1v) is 6.65. The Hall–Kier alpha value is -2.27. The number of hydrogen-bond donors (Lipinski definition) is 1. The highest BCUT2D eigenvalue weighted by Gasteiger charge is 2.08. The van der Waals surface area contributed by atoms with E-state index in [0.717, 1.165) is 22.9 Å². The van der Waals surface area contributed by atoms with E-state index in [1.54, 1.807) is 30.1 Å². The number of aliphatic carboxylic acids is 1. The lowest BCUT2D eigenvalue weighted by molar-refractivity contribution is -0.131. The highest BCUT2D eigenvalue weighted by Crippen LogP contribution is 2.22. The van der Waals surface area contributed by atoms with Crippen LogP contribution in [0.25, 0.3) is 6.08 Å². The number of aromatic nitrogens is 2. The molecule has 0 aliphatic carbocycles. The molecule has 2 rings (SSSR count). The predicted octanol–water partition coefficient (Wildman–Crippen LogP) is 3.00. The van der Waals surface area contributed by atoms with Gasteiger partial charge in [0.15, 0.2) is 0 Å². The van der Waals surface area contributed by atoms with Crippen LogP contribution in [0.15, 0.2) is 30.5 Å². The van der Waals surface area contributed by atoms with Crippen LogP contribution >= 0.6 is 11.6 Å². The molecule has 0 aliphatic heterocycles. The van der Waals surface area contributed by atoms with Crippen LogP contribution in [0, 0.1) is 6.92 Å². The second-order valence-electron chi connectivity index (χ2n) is 4.47. The van der Waals surface area contributed by atoms with Crippen LogP contribution in [0.1, 0.15) is 16.8 Å². The fraction of sp³-hybridized carbons (Fsp3) is 0.200. The van der Waals surface area contributed by atoms with Crippen LogP contribution in [-0.2, 0) is 11.3 Å². The molecule has 21 heavy (non-hydrogen) atoms. The van der Waals surface area contributed by atoms with Gasteiger partial charge in [-0.2, -0.15) is 5.10 Å². The van der Waals surface area contributed by atoms with Crippen molar-refractivity contribution in [2.24, 2.45) is 0 Å². The number of carboxylic acids is 1. The van der Waals surface area contributed by atoms with Gasteiger partial charge in [0.05, 0.1) is 30.6 Å². The smallest absolute Gasteiger partial charge is 0.328 e. The first kappa shape index (κ1) is 15.1. The molecule has 0 amide bonds. The third kappa shape index (κ3) is 3.64. The molecule has 0 spiro atoms. The summed E-state index contributed by atoms with van der Waals surface area (Å²) in [4.78, 5) is 10.7. The molecule has 0 atom stereocenters. The third-order valence-corrected chi connectivity index (χ3v) is 3.49. The highest BCUT2D eigenvalue weighted by molar-refractivity contribution is 6.31. The zero-order valence-corrected chi connectivity index (χ0v) is 12.5. The molecule has 6 heteroatoms. The maximum atomic E-state index is 10.7. The molecule has 1 heterocycles. The van der Waals surface area contributed by atoms with E-state index in [-0.39, 0.29) is 0 Å². The number of carbonyl (C=O) groups is 1. The summed E-state index contributed by atoms with van der Waals surface area (Å²) in [5, 5.41) is 13.6. The van der Waals surface area contributed by atoms with Crippen LogP contribution in [-0.4, -0.2) is 28.0 Å². The minimum absolute atomic E-state index is 0.481. The summed E-state index contributed by atoms with van der Waals surface area (Å²) in [7, 11) is 1.59. The van der Waals surface area contributed by atoms with Crippen molar-refractivity contribution in [3.63, 3.8) is 0 Å². The lowest BCUT2D eigenvalue weighted by Crippen LogP contribution is -2.05. The van der Waals surface area contributed by atoms with Gasteiger partial charge in [0, 0.05) is 6.08 Å². The van der Waals surface area contributed by atoms with Gasteiger partial charge >= 0.3 is 5.97 Å². The molecule has 0 bridgehead atoms. The van der Waals surface area contributed by atoms with Gasteiger partial charge in [-0.15, -0.1) is 0 Å². The van der Waals surface area contributed by atoms with Crippen molar-refractivity contribution in [1.82, 2.24) is 9.78 Å². The lowest BCUT2D eigenvalue weighted by atomic mass is 10.1. The van der Waals surface area contributed by atoms with Crippen molar-refractivity contribution >= 4 is 23.6 Å². The lowest BCUT2D eigenvalue weighted by Gasteiger charge is -2.10. The third-order valence-electron chi connectivity index (χ3n) is 3.12. The fourth-order valence-electron chi connectivity index (χ4n) is 1.91. The van der Waals surface area contributed by atoms with E-state index in [4.69, 9.17) is 21.4 Å². The maximum Gasteiger partial charge on any atom is 0.328 e. The Bertz CT molecular complexity index is 692. The van der Waals surface area contributed by atoms with Gasteiger partial charge < -0.3 is 9.84 Å². The quantitative estimate of drug-likeness (QED) is 0.863. The molecule has 110 valence electrons. The molecule has 0 radical (unpaired) electrons. The van der Waals surface area contributed by atoms with Crippen LogP contribution in [0.5, 0.6) is 5.75 Å². The molecule has 0 fully saturated rings. The standard InChI is InChI=1S/C15H15ClN2O3/c1-10-14(16)8-17-18(10)9-12-7-13(21-2)5-3-11(12)4-6-15(19)20/h3-8H,9H2,1-2H3,(H,19,20).